The van der Waals surface area contributed by atoms with Gasteiger partial charge in [0.25, 0.3) is 5.91 Å². The number of carbonyl (C=O) groups is 1. The molecular formula is C11H10BrN5O. The number of halogens is 1. The van der Waals surface area contributed by atoms with Gasteiger partial charge in [0.05, 0.1) is 0 Å². The summed E-state index contributed by atoms with van der Waals surface area (Å²) in [6.07, 6.45) is 1.60. The van der Waals surface area contributed by atoms with E-state index in [9.17, 15) is 4.79 Å². The van der Waals surface area contributed by atoms with Gasteiger partial charge in [0, 0.05) is 17.7 Å². The summed E-state index contributed by atoms with van der Waals surface area (Å²) in [6, 6.07) is 6.75. The van der Waals surface area contributed by atoms with E-state index < -0.39 is 0 Å². The van der Waals surface area contributed by atoms with E-state index >= 15 is 0 Å². The van der Waals surface area contributed by atoms with E-state index in [2.05, 4.69) is 41.7 Å². The number of anilines is 2. The predicted octanol–water partition coefficient (Wildman–Crippen LogP) is 1.93. The van der Waals surface area contributed by atoms with Crippen LogP contribution in [0.4, 0.5) is 11.6 Å². The van der Waals surface area contributed by atoms with Gasteiger partial charge in [0.15, 0.2) is 5.69 Å². The zero-order chi connectivity index (χ0) is 13.0. The summed E-state index contributed by atoms with van der Waals surface area (Å²) in [5.41, 5.74) is 0.235. The van der Waals surface area contributed by atoms with Gasteiger partial charge in [-0.05, 0) is 40.2 Å². The lowest BCUT2D eigenvalue weighted by molar-refractivity contribution is 0.102. The van der Waals surface area contributed by atoms with Gasteiger partial charge in [-0.15, -0.1) is 10.2 Å². The van der Waals surface area contributed by atoms with Crippen molar-refractivity contribution in [1.82, 2.24) is 15.2 Å². The van der Waals surface area contributed by atoms with Gasteiger partial charge in [-0.3, -0.25) is 4.79 Å². The second kappa shape index (κ2) is 5.54. The predicted molar refractivity (Wildman–Crippen MR) is 71.5 cm³/mol. The first-order valence-electron chi connectivity index (χ1n) is 5.13. The minimum atomic E-state index is -0.347. The van der Waals surface area contributed by atoms with E-state index in [1.165, 1.54) is 0 Å². The fourth-order valence-corrected chi connectivity index (χ4v) is 1.45. The Morgan fingerprint density at radius 2 is 1.94 bits per heavy atom. The molecule has 0 radical (unpaired) electrons. The van der Waals surface area contributed by atoms with E-state index in [-0.39, 0.29) is 11.6 Å². The maximum Gasteiger partial charge on any atom is 0.277 e. The van der Waals surface area contributed by atoms with Crippen LogP contribution in [0, 0.1) is 0 Å². The molecule has 92 valence electrons. The summed E-state index contributed by atoms with van der Waals surface area (Å²) in [4.78, 5) is 15.9. The smallest absolute Gasteiger partial charge is 0.277 e. The van der Waals surface area contributed by atoms with Crippen LogP contribution in [0.5, 0.6) is 0 Å². The summed E-state index contributed by atoms with van der Waals surface area (Å²) >= 11 is 3.27. The molecule has 0 saturated heterocycles. The quantitative estimate of drug-likeness (QED) is 0.905. The molecule has 18 heavy (non-hydrogen) atoms. The third-order valence-electron chi connectivity index (χ3n) is 2.12. The van der Waals surface area contributed by atoms with Crippen LogP contribution in [0.3, 0.4) is 0 Å². The number of nitrogens with one attached hydrogen (secondary N) is 2. The number of amides is 1. The van der Waals surface area contributed by atoms with E-state index in [0.717, 1.165) is 4.47 Å². The second-order valence-corrected chi connectivity index (χ2v) is 4.29. The highest BCUT2D eigenvalue weighted by Gasteiger charge is 2.08. The van der Waals surface area contributed by atoms with E-state index in [4.69, 9.17) is 0 Å². The highest BCUT2D eigenvalue weighted by atomic mass is 79.9. The fourth-order valence-electron chi connectivity index (χ4n) is 1.22. The summed E-state index contributed by atoms with van der Waals surface area (Å²) in [5, 5.41) is 13.1. The van der Waals surface area contributed by atoms with Crippen LogP contribution in [0.2, 0.25) is 0 Å². The summed E-state index contributed by atoms with van der Waals surface area (Å²) in [7, 11) is 1.73. The Morgan fingerprint density at radius 3 is 2.50 bits per heavy atom. The molecular weight excluding hydrogens is 298 g/mol. The number of hydrogen-bond acceptors (Lipinski definition) is 5. The average Bonchev–Trinajstić information content (AvgIpc) is 2.41. The molecule has 0 aliphatic rings. The lowest BCUT2D eigenvalue weighted by Gasteiger charge is -2.03. The van der Waals surface area contributed by atoms with E-state index in [1.54, 1.807) is 37.5 Å². The van der Waals surface area contributed by atoms with Crippen molar-refractivity contribution >= 4 is 33.5 Å². The number of nitrogens with zero attached hydrogens (tertiary/aromatic N) is 3. The van der Waals surface area contributed by atoms with Crippen LogP contribution in [-0.4, -0.2) is 28.1 Å². The Morgan fingerprint density at radius 1 is 1.17 bits per heavy atom. The normalized spacial score (nSPS) is 9.89. The van der Waals surface area contributed by atoms with E-state index in [1.807, 2.05) is 0 Å². The van der Waals surface area contributed by atoms with Gasteiger partial charge in [-0.2, -0.15) is 0 Å². The van der Waals surface area contributed by atoms with Gasteiger partial charge >= 0.3 is 0 Å². The van der Waals surface area contributed by atoms with Crippen molar-refractivity contribution in [2.24, 2.45) is 0 Å². The number of rotatable bonds is 3. The molecule has 2 aromatic rings. The Bertz CT molecular complexity index is 540. The molecule has 0 aliphatic carbocycles. The van der Waals surface area contributed by atoms with Crippen LogP contribution in [-0.2, 0) is 0 Å². The summed E-state index contributed by atoms with van der Waals surface area (Å²) < 4.78 is 0.846. The van der Waals surface area contributed by atoms with Gasteiger partial charge in [-0.1, -0.05) is 0 Å². The largest absolute Gasteiger partial charge is 0.372 e. The van der Waals surface area contributed by atoms with Crippen molar-refractivity contribution in [3.05, 3.63) is 40.6 Å². The molecule has 0 saturated carbocycles. The molecule has 0 aromatic carbocycles. The molecule has 0 bridgehead atoms. The van der Waals surface area contributed by atoms with Crippen molar-refractivity contribution in [2.75, 3.05) is 17.7 Å². The maximum absolute atomic E-state index is 11.8. The first kappa shape index (κ1) is 12.4. The van der Waals surface area contributed by atoms with Crippen LogP contribution < -0.4 is 10.6 Å². The third kappa shape index (κ3) is 3.01. The number of hydrogen-bond donors (Lipinski definition) is 2. The lowest BCUT2D eigenvalue weighted by Crippen LogP contribution is -2.15. The Balaban J connectivity index is 2.09. The van der Waals surface area contributed by atoms with Crippen LogP contribution in [0.25, 0.3) is 0 Å². The zero-order valence-electron chi connectivity index (χ0n) is 9.51. The lowest BCUT2D eigenvalue weighted by atomic mass is 10.3. The molecule has 0 spiro atoms. The fraction of sp³-hybridized carbons (Fsp3) is 0.0909. The first-order chi connectivity index (χ1) is 8.69. The van der Waals surface area contributed by atoms with Crippen molar-refractivity contribution in [1.29, 1.82) is 0 Å². The highest BCUT2D eigenvalue weighted by Crippen LogP contribution is 2.11. The Kier molecular flexibility index (Phi) is 3.83. The van der Waals surface area contributed by atoms with Gasteiger partial charge in [-0.25, -0.2) is 4.98 Å². The van der Waals surface area contributed by atoms with Crippen LogP contribution in [0.1, 0.15) is 10.5 Å². The average molecular weight is 308 g/mol. The monoisotopic (exact) mass is 307 g/mol. The summed E-state index contributed by atoms with van der Waals surface area (Å²) in [5.74, 6) is 0.719. The molecule has 2 heterocycles. The molecule has 0 fully saturated rings. The highest BCUT2D eigenvalue weighted by molar-refractivity contribution is 9.10. The molecule has 2 N–H and O–H groups in total. The molecule has 2 rings (SSSR count). The maximum atomic E-state index is 11.8. The Labute approximate surface area is 112 Å². The number of carbonyl (C=O) groups excluding carboxylic acids is 1. The van der Waals surface area contributed by atoms with Crippen molar-refractivity contribution in [2.45, 2.75) is 0 Å². The van der Waals surface area contributed by atoms with Crippen molar-refractivity contribution in [3.8, 4) is 0 Å². The molecule has 2 aromatic heterocycles. The van der Waals surface area contributed by atoms with Crippen molar-refractivity contribution < 1.29 is 4.79 Å². The molecule has 0 aliphatic heterocycles. The third-order valence-corrected chi connectivity index (χ3v) is 2.59. The molecule has 6 nitrogen and oxygen atoms in total. The Hall–Kier alpha value is -2.02. The topological polar surface area (TPSA) is 79.8 Å². The van der Waals surface area contributed by atoms with Crippen LogP contribution >= 0.6 is 15.9 Å². The molecule has 0 atom stereocenters. The molecule has 7 heteroatoms. The number of aromatic nitrogens is 3. The SMILES string of the molecule is CNc1ccc(C(=O)Nc2ccc(Br)cn2)nn1. The van der Waals surface area contributed by atoms with Gasteiger partial charge in [0.1, 0.15) is 11.6 Å². The molecule has 0 unspecified atom stereocenters. The molecule has 1 amide bonds. The minimum Gasteiger partial charge on any atom is -0.372 e. The van der Waals surface area contributed by atoms with E-state index in [0.29, 0.717) is 11.6 Å². The number of pyridine rings is 1. The summed E-state index contributed by atoms with van der Waals surface area (Å²) in [6.45, 7) is 0. The van der Waals surface area contributed by atoms with Gasteiger partial charge < -0.3 is 10.6 Å². The zero-order valence-corrected chi connectivity index (χ0v) is 11.1. The van der Waals surface area contributed by atoms with Crippen LogP contribution in [0.15, 0.2) is 34.9 Å². The first-order valence-corrected chi connectivity index (χ1v) is 5.93. The minimum absolute atomic E-state index is 0.235. The van der Waals surface area contributed by atoms with Gasteiger partial charge in [0.2, 0.25) is 0 Å². The second-order valence-electron chi connectivity index (χ2n) is 3.37. The van der Waals surface area contributed by atoms with Crippen molar-refractivity contribution in [3.63, 3.8) is 0 Å². The standard InChI is InChI=1S/C11H10BrN5O/c1-13-9-5-3-8(16-17-9)11(18)15-10-4-2-7(12)6-14-10/h2-6H,1H3,(H,13,17)(H,14,15,18).